The summed E-state index contributed by atoms with van der Waals surface area (Å²) in [5.41, 5.74) is 2.63. The molecule has 4 heterocycles. The molecule has 0 atom stereocenters. The van der Waals surface area contributed by atoms with Gasteiger partial charge in [-0.1, -0.05) is 18.2 Å². The number of halogens is 4. The second-order valence-corrected chi connectivity index (χ2v) is 9.27. The maximum Gasteiger partial charge on any atom is 0.453 e. The quantitative estimate of drug-likeness (QED) is 0.428. The second kappa shape index (κ2) is 7.20. The summed E-state index contributed by atoms with van der Waals surface area (Å²) in [4.78, 5) is 4.41. The van der Waals surface area contributed by atoms with E-state index in [0.29, 0.717) is 18.9 Å². The van der Waals surface area contributed by atoms with Gasteiger partial charge in [-0.25, -0.2) is 0 Å². The maximum absolute atomic E-state index is 13.1. The Bertz CT molecular complexity index is 1090. The average Bonchev–Trinajstić information content (AvgIpc) is 3.32. The van der Waals surface area contributed by atoms with E-state index in [1.54, 1.807) is 6.07 Å². The number of nitrogens with zero attached hydrogens (tertiary/aromatic N) is 6. The zero-order valence-electron chi connectivity index (χ0n) is 15.2. The third-order valence-electron chi connectivity index (χ3n) is 5.04. The van der Waals surface area contributed by atoms with Gasteiger partial charge >= 0.3 is 6.18 Å². The highest BCUT2D eigenvalue weighted by atomic mass is 127. The molecule has 3 aromatic rings. The Hall–Kier alpha value is -2.28. The minimum absolute atomic E-state index is 0.0902. The van der Waals surface area contributed by atoms with Crippen LogP contribution in [0.5, 0.6) is 0 Å². The molecule has 2 aliphatic rings. The van der Waals surface area contributed by atoms with Gasteiger partial charge in [0, 0.05) is 62.8 Å². The number of benzene rings is 1. The molecular weight excluding hydrogens is 498 g/mol. The summed E-state index contributed by atoms with van der Waals surface area (Å²) in [5.74, 6) is -0.587. The van der Waals surface area contributed by atoms with Crippen molar-refractivity contribution in [3.05, 3.63) is 47.8 Å². The summed E-state index contributed by atoms with van der Waals surface area (Å²) in [6.07, 6.45) is -4.59. The third kappa shape index (κ3) is 3.56. The largest absolute Gasteiger partial charge is 0.453 e. The molecule has 1 N–H and O–H groups in total. The molecular formula is C18H17F3IN7. The van der Waals surface area contributed by atoms with E-state index in [2.05, 4.69) is 41.9 Å². The van der Waals surface area contributed by atoms with Gasteiger partial charge in [-0.05, 0) is 18.2 Å². The minimum Gasteiger partial charge on any atom is -0.353 e. The monoisotopic (exact) mass is 515 g/mol. The van der Waals surface area contributed by atoms with Crippen LogP contribution >= 0.6 is 21.0 Å². The van der Waals surface area contributed by atoms with Crippen LogP contribution < -0.4 is 8.43 Å². The van der Waals surface area contributed by atoms with Crippen LogP contribution in [-0.4, -0.2) is 60.9 Å². The van der Waals surface area contributed by atoms with E-state index in [1.165, 1.54) is 20.8 Å². The molecule has 0 bridgehead atoms. The SMILES string of the molecule is FC(F)(F)c1nnc2ccc(N3CCN(CC4=INc5ccccc54)CC3)nn12. The van der Waals surface area contributed by atoms with E-state index in [9.17, 15) is 13.2 Å². The summed E-state index contributed by atoms with van der Waals surface area (Å²) in [6, 6.07) is 11.6. The van der Waals surface area contributed by atoms with Crippen molar-refractivity contribution in [3.8, 4) is 0 Å². The number of fused-ring (bicyclic) bond motifs is 2. The first-order valence-corrected chi connectivity index (χ1v) is 11.3. The lowest BCUT2D eigenvalue weighted by atomic mass is 10.1. The fourth-order valence-corrected chi connectivity index (χ4v) is 6.03. The zero-order valence-corrected chi connectivity index (χ0v) is 17.4. The molecule has 0 amide bonds. The highest BCUT2D eigenvalue weighted by molar-refractivity contribution is 14.2. The summed E-state index contributed by atoms with van der Waals surface area (Å²) >= 11 is -0.191. The first-order valence-electron chi connectivity index (χ1n) is 9.11. The lowest BCUT2D eigenvalue weighted by Crippen LogP contribution is -2.48. The van der Waals surface area contributed by atoms with Crippen LogP contribution in [-0.2, 0) is 6.18 Å². The van der Waals surface area contributed by atoms with Crippen molar-refractivity contribution in [2.45, 2.75) is 6.18 Å². The van der Waals surface area contributed by atoms with E-state index in [-0.39, 0.29) is 26.7 Å². The number of anilines is 2. The van der Waals surface area contributed by atoms with Gasteiger partial charge in [-0.2, -0.15) is 17.7 Å². The van der Waals surface area contributed by atoms with E-state index in [1.807, 2.05) is 11.0 Å². The molecule has 0 aliphatic carbocycles. The van der Waals surface area contributed by atoms with Crippen LogP contribution in [0.3, 0.4) is 0 Å². The Labute approximate surface area is 174 Å². The van der Waals surface area contributed by atoms with Crippen molar-refractivity contribution in [3.63, 3.8) is 0 Å². The predicted molar refractivity (Wildman–Crippen MR) is 113 cm³/mol. The average molecular weight is 515 g/mol. The number of piperazine rings is 1. The normalized spacial score (nSPS) is 17.6. The maximum atomic E-state index is 13.1. The number of aromatic nitrogens is 4. The number of rotatable bonds is 3. The summed E-state index contributed by atoms with van der Waals surface area (Å²) in [7, 11) is 0. The first-order chi connectivity index (χ1) is 14.0. The molecule has 1 saturated heterocycles. The number of para-hydroxylation sites is 1. The molecule has 152 valence electrons. The first kappa shape index (κ1) is 18.7. The molecule has 0 saturated carbocycles. The molecule has 1 aromatic carbocycles. The van der Waals surface area contributed by atoms with Crippen molar-refractivity contribution >= 4 is 41.7 Å². The Balaban J connectivity index is 1.28. The van der Waals surface area contributed by atoms with Gasteiger partial charge < -0.3 is 8.43 Å². The Morgan fingerprint density at radius 2 is 1.79 bits per heavy atom. The summed E-state index contributed by atoms with van der Waals surface area (Å²) in [5, 5.41) is 10.9. The smallest absolute Gasteiger partial charge is 0.353 e. The second-order valence-electron chi connectivity index (χ2n) is 6.89. The van der Waals surface area contributed by atoms with Gasteiger partial charge in [0.2, 0.25) is 0 Å². The molecule has 5 rings (SSSR count). The zero-order chi connectivity index (χ0) is 20.0. The fraction of sp³-hybridized carbons (Fsp3) is 0.333. The van der Waals surface area contributed by atoms with Crippen LogP contribution in [0, 0.1) is 0 Å². The molecule has 0 radical (unpaired) electrons. The minimum atomic E-state index is -4.59. The van der Waals surface area contributed by atoms with Crippen LogP contribution in [0.2, 0.25) is 0 Å². The lowest BCUT2D eigenvalue weighted by molar-refractivity contribution is -0.146. The van der Waals surface area contributed by atoms with Crippen LogP contribution in [0.25, 0.3) is 5.65 Å². The molecule has 29 heavy (non-hydrogen) atoms. The van der Waals surface area contributed by atoms with Gasteiger partial charge in [-0.3, -0.25) is 4.90 Å². The number of hydrogen-bond acceptors (Lipinski definition) is 6. The highest BCUT2D eigenvalue weighted by Gasteiger charge is 2.38. The third-order valence-corrected chi connectivity index (χ3v) is 7.47. The molecule has 11 heteroatoms. The summed E-state index contributed by atoms with van der Waals surface area (Å²) < 4.78 is 45.0. The van der Waals surface area contributed by atoms with Crippen molar-refractivity contribution in [1.29, 1.82) is 0 Å². The topological polar surface area (TPSA) is 61.6 Å². The summed E-state index contributed by atoms with van der Waals surface area (Å²) in [6.45, 7) is 4.03. The molecule has 7 nitrogen and oxygen atoms in total. The number of nitrogens with one attached hydrogen (secondary N) is 1. The van der Waals surface area contributed by atoms with E-state index in [0.717, 1.165) is 24.1 Å². The standard InChI is InChI=1S/C18H17F3IN7/c19-18(20,21)17-25-24-15-5-6-16(26-29(15)17)28-9-7-27(8-10-28)11-13-12-3-1-2-4-14(12)23-22-13/h1-6,23H,7-11H2. The Morgan fingerprint density at radius 1 is 1.00 bits per heavy atom. The predicted octanol–water partition coefficient (Wildman–Crippen LogP) is 2.80. The lowest BCUT2D eigenvalue weighted by Gasteiger charge is -2.35. The van der Waals surface area contributed by atoms with Gasteiger partial charge in [0.1, 0.15) is 5.82 Å². The molecule has 2 aliphatic heterocycles. The number of alkyl halides is 3. The fourth-order valence-electron chi connectivity index (χ4n) is 3.53. The van der Waals surface area contributed by atoms with Gasteiger partial charge in [0.15, 0.2) is 5.65 Å². The van der Waals surface area contributed by atoms with Crippen LogP contribution in [0.1, 0.15) is 11.4 Å². The van der Waals surface area contributed by atoms with Gasteiger partial charge in [-0.15, -0.1) is 15.3 Å². The van der Waals surface area contributed by atoms with E-state index in [4.69, 9.17) is 0 Å². The van der Waals surface area contributed by atoms with Crippen molar-refractivity contribution in [1.82, 2.24) is 24.7 Å². The Kier molecular flexibility index (Phi) is 4.65. The van der Waals surface area contributed by atoms with Gasteiger partial charge in [0.05, 0.1) is 5.69 Å². The number of hydrogen-bond donors (Lipinski definition) is 1. The van der Waals surface area contributed by atoms with Crippen LogP contribution in [0.15, 0.2) is 36.4 Å². The molecule has 0 spiro atoms. The van der Waals surface area contributed by atoms with Crippen LogP contribution in [0.4, 0.5) is 24.7 Å². The van der Waals surface area contributed by atoms with Crippen molar-refractivity contribution in [2.24, 2.45) is 0 Å². The van der Waals surface area contributed by atoms with E-state index < -0.39 is 12.0 Å². The Morgan fingerprint density at radius 3 is 2.59 bits per heavy atom. The molecule has 2 aromatic heterocycles. The van der Waals surface area contributed by atoms with E-state index >= 15 is 0 Å². The van der Waals surface area contributed by atoms with Gasteiger partial charge in [0.25, 0.3) is 5.82 Å². The molecule has 1 fully saturated rings. The highest BCUT2D eigenvalue weighted by Crippen LogP contribution is 2.30. The molecule has 0 unspecified atom stereocenters. The van der Waals surface area contributed by atoms with Crippen molar-refractivity contribution < 1.29 is 13.2 Å². The van der Waals surface area contributed by atoms with Crippen molar-refractivity contribution in [2.75, 3.05) is 41.2 Å².